The average molecular weight is 178 g/mol. The van der Waals surface area contributed by atoms with E-state index in [4.69, 9.17) is 0 Å². The molecule has 1 unspecified atom stereocenters. The van der Waals surface area contributed by atoms with Crippen molar-refractivity contribution in [3.8, 4) is 0 Å². The Kier molecular flexibility index (Phi) is 1.91. The minimum Gasteiger partial charge on any atom is -0.299 e. The van der Waals surface area contributed by atoms with Gasteiger partial charge in [0.25, 0.3) is 0 Å². The fraction of sp³-hybridized carbons (Fsp3) is 0.364. The lowest BCUT2D eigenvalue weighted by Crippen LogP contribution is -2.24. The molecule has 0 N–H and O–H groups in total. The van der Waals surface area contributed by atoms with Gasteiger partial charge in [0.05, 0.1) is 0 Å². The number of benzene rings is 1. The van der Waals surface area contributed by atoms with E-state index in [1.807, 2.05) is 6.07 Å². The van der Waals surface area contributed by atoms with Crippen LogP contribution in [0.2, 0.25) is 0 Å². The first-order valence-electron chi connectivity index (χ1n) is 4.48. The van der Waals surface area contributed by atoms with Crippen LogP contribution in [0.1, 0.15) is 29.9 Å². The van der Waals surface area contributed by atoms with E-state index in [1.165, 1.54) is 6.07 Å². The largest absolute Gasteiger partial charge is 0.299 e. The van der Waals surface area contributed by atoms with Crippen molar-refractivity contribution in [3.05, 3.63) is 35.1 Å². The highest BCUT2D eigenvalue weighted by Gasteiger charge is 2.30. The molecule has 0 bridgehead atoms. The minimum absolute atomic E-state index is 0.0318. The third-order valence-corrected chi connectivity index (χ3v) is 2.75. The van der Waals surface area contributed by atoms with Gasteiger partial charge in [-0.15, -0.1) is 0 Å². The molecule has 1 atom stereocenters. The van der Waals surface area contributed by atoms with Gasteiger partial charge in [-0.05, 0) is 30.5 Å². The van der Waals surface area contributed by atoms with E-state index >= 15 is 0 Å². The first-order valence-corrected chi connectivity index (χ1v) is 4.48. The zero-order chi connectivity index (χ0) is 9.42. The predicted molar refractivity (Wildman–Crippen MR) is 48.1 cm³/mol. The lowest BCUT2D eigenvalue weighted by atomic mass is 9.77. The fourth-order valence-corrected chi connectivity index (χ4v) is 1.74. The standard InChI is InChI=1S/C11H11FO/c1-7-8(3-2-4-10(7)12)9-5-6-11(9)13/h2-4,9H,5-6H2,1H3. The Balaban J connectivity index is 2.40. The van der Waals surface area contributed by atoms with Crippen LogP contribution in [0.3, 0.4) is 0 Å². The summed E-state index contributed by atoms with van der Waals surface area (Å²) in [7, 11) is 0. The average Bonchev–Trinajstić information content (AvgIpc) is 2.10. The van der Waals surface area contributed by atoms with Gasteiger partial charge in [-0.1, -0.05) is 12.1 Å². The highest BCUT2D eigenvalue weighted by atomic mass is 19.1. The van der Waals surface area contributed by atoms with Crippen molar-refractivity contribution < 1.29 is 9.18 Å². The molecule has 0 saturated heterocycles. The van der Waals surface area contributed by atoms with Crippen LogP contribution in [0.4, 0.5) is 4.39 Å². The molecule has 1 aromatic carbocycles. The Morgan fingerprint density at radius 1 is 1.46 bits per heavy atom. The van der Waals surface area contributed by atoms with Crippen LogP contribution < -0.4 is 0 Å². The maximum Gasteiger partial charge on any atom is 0.140 e. The molecule has 0 heterocycles. The third kappa shape index (κ3) is 1.26. The van der Waals surface area contributed by atoms with E-state index in [0.717, 1.165) is 12.0 Å². The quantitative estimate of drug-likeness (QED) is 0.646. The number of ketones is 1. The van der Waals surface area contributed by atoms with E-state index in [2.05, 4.69) is 0 Å². The minimum atomic E-state index is -0.211. The molecule has 1 aliphatic carbocycles. The van der Waals surface area contributed by atoms with Gasteiger partial charge in [0.1, 0.15) is 11.6 Å². The molecule has 1 nitrogen and oxygen atoms in total. The summed E-state index contributed by atoms with van der Waals surface area (Å²) in [5.74, 6) is 0.00148. The summed E-state index contributed by atoms with van der Waals surface area (Å²) in [6, 6.07) is 4.95. The summed E-state index contributed by atoms with van der Waals surface area (Å²) >= 11 is 0. The molecule has 0 radical (unpaired) electrons. The van der Waals surface area contributed by atoms with Gasteiger partial charge in [0, 0.05) is 12.3 Å². The topological polar surface area (TPSA) is 17.1 Å². The predicted octanol–water partition coefficient (Wildman–Crippen LogP) is 2.58. The number of halogens is 1. The van der Waals surface area contributed by atoms with Crippen molar-refractivity contribution in [3.63, 3.8) is 0 Å². The molecule has 2 rings (SSSR count). The van der Waals surface area contributed by atoms with Crippen molar-refractivity contribution in [2.45, 2.75) is 25.7 Å². The number of rotatable bonds is 1. The van der Waals surface area contributed by atoms with E-state index in [-0.39, 0.29) is 17.5 Å². The van der Waals surface area contributed by atoms with Crippen molar-refractivity contribution in [2.75, 3.05) is 0 Å². The Bertz CT molecular complexity index is 357. The van der Waals surface area contributed by atoms with E-state index in [9.17, 15) is 9.18 Å². The Labute approximate surface area is 76.6 Å². The first kappa shape index (κ1) is 8.42. The molecule has 0 amide bonds. The van der Waals surface area contributed by atoms with Crippen molar-refractivity contribution in [1.82, 2.24) is 0 Å². The molecule has 1 aliphatic rings. The lowest BCUT2D eigenvalue weighted by molar-refractivity contribution is -0.125. The summed E-state index contributed by atoms with van der Waals surface area (Å²) in [5.41, 5.74) is 1.50. The zero-order valence-corrected chi connectivity index (χ0v) is 7.51. The smallest absolute Gasteiger partial charge is 0.140 e. The zero-order valence-electron chi connectivity index (χ0n) is 7.51. The molecule has 0 aliphatic heterocycles. The molecule has 2 heteroatoms. The molecule has 1 fully saturated rings. The van der Waals surface area contributed by atoms with Gasteiger partial charge >= 0.3 is 0 Å². The number of Topliss-reactive ketones (excluding diaryl/α,β-unsaturated/α-hetero) is 1. The number of carbonyl (C=O) groups is 1. The van der Waals surface area contributed by atoms with Gasteiger partial charge in [-0.2, -0.15) is 0 Å². The maximum atomic E-state index is 13.1. The normalized spacial score (nSPS) is 21.4. The fourth-order valence-electron chi connectivity index (χ4n) is 1.74. The number of carbonyl (C=O) groups excluding carboxylic acids is 1. The van der Waals surface area contributed by atoms with Crippen LogP contribution in [0.5, 0.6) is 0 Å². The highest BCUT2D eigenvalue weighted by Crippen LogP contribution is 2.35. The van der Waals surface area contributed by atoms with Crippen molar-refractivity contribution in [1.29, 1.82) is 0 Å². The monoisotopic (exact) mass is 178 g/mol. The summed E-state index contributed by atoms with van der Waals surface area (Å²) in [4.78, 5) is 11.2. The number of hydrogen-bond donors (Lipinski definition) is 0. The second-order valence-corrected chi connectivity index (χ2v) is 3.51. The SMILES string of the molecule is Cc1c(F)cccc1C1CCC1=O. The lowest BCUT2D eigenvalue weighted by Gasteiger charge is -2.25. The van der Waals surface area contributed by atoms with Crippen LogP contribution in [0.15, 0.2) is 18.2 Å². The molecule has 1 saturated carbocycles. The van der Waals surface area contributed by atoms with Crippen LogP contribution in [-0.2, 0) is 4.79 Å². The summed E-state index contributed by atoms with van der Waals surface area (Å²) in [6.45, 7) is 1.73. The second-order valence-electron chi connectivity index (χ2n) is 3.51. The molecule has 0 aromatic heterocycles. The van der Waals surface area contributed by atoms with Crippen LogP contribution in [0, 0.1) is 12.7 Å². The molecular weight excluding hydrogens is 167 g/mol. The van der Waals surface area contributed by atoms with Gasteiger partial charge in [-0.25, -0.2) is 4.39 Å². The Morgan fingerprint density at radius 3 is 2.77 bits per heavy atom. The molecule has 13 heavy (non-hydrogen) atoms. The Hall–Kier alpha value is -1.18. The van der Waals surface area contributed by atoms with Crippen molar-refractivity contribution in [2.24, 2.45) is 0 Å². The van der Waals surface area contributed by atoms with E-state index in [0.29, 0.717) is 12.0 Å². The molecule has 1 aromatic rings. The molecule has 68 valence electrons. The second kappa shape index (κ2) is 2.95. The summed E-state index contributed by atoms with van der Waals surface area (Å²) in [6.07, 6.45) is 1.53. The Morgan fingerprint density at radius 2 is 2.23 bits per heavy atom. The third-order valence-electron chi connectivity index (χ3n) is 2.75. The van der Waals surface area contributed by atoms with E-state index < -0.39 is 0 Å². The summed E-state index contributed by atoms with van der Waals surface area (Å²) in [5, 5.41) is 0. The van der Waals surface area contributed by atoms with Crippen LogP contribution >= 0.6 is 0 Å². The van der Waals surface area contributed by atoms with Crippen LogP contribution in [-0.4, -0.2) is 5.78 Å². The maximum absolute atomic E-state index is 13.1. The highest BCUT2D eigenvalue weighted by molar-refractivity contribution is 5.91. The first-order chi connectivity index (χ1) is 6.20. The summed E-state index contributed by atoms with van der Waals surface area (Å²) < 4.78 is 13.1. The molecule has 0 spiro atoms. The molecular formula is C11H11FO. The number of hydrogen-bond acceptors (Lipinski definition) is 1. The van der Waals surface area contributed by atoms with Gasteiger partial charge < -0.3 is 0 Å². The van der Waals surface area contributed by atoms with E-state index in [1.54, 1.807) is 13.0 Å². The van der Waals surface area contributed by atoms with Crippen LogP contribution in [0.25, 0.3) is 0 Å². The van der Waals surface area contributed by atoms with Gasteiger partial charge in [0.2, 0.25) is 0 Å². The van der Waals surface area contributed by atoms with Crippen molar-refractivity contribution >= 4 is 5.78 Å². The van der Waals surface area contributed by atoms with Gasteiger partial charge in [0.15, 0.2) is 0 Å². The van der Waals surface area contributed by atoms with Gasteiger partial charge in [-0.3, -0.25) is 4.79 Å².